The molecule has 0 spiro atoms. The van der Waals surface area contributed by atoms with Crippen LogP contribution < -0.4 is 35.0 Å². The molecule has 0 aliphatic heterocycles. The molecule has 3 aromatic carbocycles. The van der Waals surface area contributed by atoms with Gasteiger partial charge in [0.2, 0.25) is 0 Å². The number of methoxy groups -OCH3 is 2. The molecule has 222 valence electrons. The number of nitrogens with zero attached hydrogens (tertiary/aromatic N) is 1. The van der Waals surface area contributed by atoms with Gasteiger partial charge in [0.1, 0.15) is 0 Å². The van der Waals surface area contributed by atoms with Crippen molar-refractivity contribution >= 4 is 52.2 Å². The van der Waals surface area contributed by atoms with Gasteiger partial charge in [-0.15, -0.1) is 0 Å². The van der Waals surface area contributed by atoms with Gasteiger partial charge in [0.25, 0.3) is 5.91 Å². The van der Waals surface area contributed by atoms with E-state index in [0.717, 1.165) is 11.1 Å². The number of aryl methyl sites for hydroxylation is 1. The fourth-order valence-corrected chi connectivity index (χ4v) is 4.56. The Bertz CT molecular complexity index is 1450. The third-order valence-corrected chi connectivity index (χ3v) is 6.52. The van der Waals surface area contributed by atoms with E-state index in [1.165, 1.54) is 6.21 Å². The summed E-state index contributed by atoms with van der Waals surface area (Å²) in [5.74, 6) is -0.0230. The molecule has 0 aromatic heterocycles. The molecule has 0 atom stereocenters. The average Bonchev–Trinajstić information content (AvgIpc) is 2.96. The van der Waals surface area contributed by atoms with Gasteiger partial charge in [0, 0.05) is 12.2 Å². The molecular formula is C30H33IN4O7. The normalized spacial score (nSPS) is 10.6. The molecule has 0 saturated heterocycles. The minimum atomic E-state index is -0.905. The number of benzene rings is 3. The molecule has 0 fully saturated rings. The molecule has 3 rings (SSSR count). The lowest BCUT2D eigenvalue weighted by molar-refractivity contribution is -0.139. The summed E-state index contributed by atoms with van der Waals surface area (Å²) in [6.07, 6.45) is 1.87. The second-order valence-corrected chi connectivity index (χ2v) is 10.0. The molecule has 11 nitrogen and oxygen atoms in total. The van der Waals surface area contributed by atoms with Crippen LogP contribution in [-0.4, -0.2) is 57.9 Å². The number of carbonyl (C=O) groups excluding carboxylic acids is 3. The number of hydrogen-bond donors (Lipinski definition) is 3. The Labute approximate surface area is 258 Å². The van der Waals surface area contributed by atoms with E-state index < -0.39 is 11.8 Å². The van der Waals surface area contributed by atoms with Crippen LogP contribution in [0.15, 0.2) is 59.7 Å². The van der Waals surface area contributed by atoms with E-state index in [4.69, 9.17) is 18.9 Å². The SMILES string of the molecule is CCOc1cc(/C=N\NC(=O)C(=O)NCCc2ccc(OC)c(OC)c2)cc(I)c1OCC(=O)Nc1cccc(C)c1. The second kappa shape index (κ2) is 16.2. The summed E-state index contributed by atoms with van der Waals surface area (Å²) in [4.78, 5) is 36.8. The van der Waals surface area contributed by atoms with E-state index in [0.29, 0.717) is 50.8 Å². The van der Waals surface area contributed by atoms with Crippen LogP contribution in [0, 0.1) is 10.5 Å². The minimum Gasteiger partial charge on any atom is -0.493 e. The Kier molecular flexibility index (Phi) is 12.4. The Morgan fingerprint density at radius 1 is 0.929 bits per heavy atom. The number of carbonyl (C=O) groups is 3. The van der Waals surface area contributed by atoms with Gasteiger partial charge >= 0.3 is 11.8 Å². The van der Waals surface area contributed by atoms with E-state index in [1.54, 1.807) is 38.5 Å². The van der Waals surface area contributed by atoms with Crippen molar-refractivity contribution in [3.8, 4) is 23.0 Å². The maximum absolute atomic E-state index is 12.4. The highest BCUT2D eigenvalue weighted by Gasteiger charge is 2.15. The Hall–Kier alpha value is -4.33. The quantitative estimate of drug-likeness (QED) is 0.108. The molecule has 0 unspecified atom stereocenters. The van der Waals surface area contributed by atoms with Gasteiger partial charge in [-0.2, -0.15) is 5.10 Å². The number of hydrazone groups is 1. The van der Waals surface area contributed by atoms with Crippen molar-refractivity contribution in [3.63, 3.8) is 0 Å². The lowest BCUT2D eigenvalue weighted by Crippen LogP contribution is -2.38. The lowest BCUT2D eigenvalue weighted by atomic mass is 10.1. The predicted molar refractivity (Wildman–Crippen MR) is 168 cm³/mol. The van der Waals surface area contributed by atoms with Crippen LogP contribution in [0.4, 0.5) is 5.69 Å². The fourth-order valence-electron chi connectivity index (χ4n) is 3.78. The number of halogens is 1. The van der Waals surface area contributed by atoms with Crippen LogP contribution in [0.5, 0.6) is 23.0 Å². The number of amides is 3. The van der Waals surface area contributed by atoms with Gasteiger partial charge in [-0.05, 0) is 95.9 Å². The topological polar surface area (TPSA) is 137 Å². The van der Waals surface area contributed by atoms with Crippen molar-refractivity contribution in [2.45, 2.75) is 20.3 Å². The minimum absolute atomic E-state index is 0.214. The summed E-state index contributed by atoms with van der Waals surface area (Å²) in [6, 6.07) is 16.3. The lowest BCUT2D eigenvalue weighted by Gasteiger charge is -2.14. The van der Waals surface area contributed by atoms with Gasteiger partial charge in [-0.25, -0.2) is 5.43 Å². The summed E-state index contributed by atoms with van der Waals surface area (Å²) >= 11 is 2.07. The van der Waals surface area contributed by atoms with Gasteiger partial charge in [-0.1, -0.05) is 18.2 Å². The van der Waals surface area contributed by atoms with Crippen LogP contribution in [-0.2, 0) is 20.8 Å². The van der Waals surface area contributed by atoms with Gasteiger partial charge in [0.15, 0.2) is 29.6 Å². The largest absolute Gasteiger partial charge is 0.493 e. The summed E-state index contributed by atoms with van der Waals surface area (Å²) in [5.41, 5.74) is 5.43. The maximum Gasteiger partial charge on any atom is 0.329 e. The zero-order valence-corrected chi connectivity index (χ0v) is 25.9. The Morgan fingerprint density at radius 3 is 2.43 bits per heavy atom. The van der Waals surface area contributed by atoms with E-state index in [-0.39, 0.29) is 19.1 Å². The molecule has 0 saturated carbocycles. The molecule has 3 amide bonds. The highest BCUT2D eigenvalue weighted by atomic mass is 127. The third kappa shape index (κ3) is 9.65. The number of anilines is 1. The molecule has 12 heteroatoms. The van der Waals surface area contributed by atoms with Crippen molar-refractivity contribution in [2.24, 2.45) is 5.10 Å². The number of rotatable bonds is 13. The molecule has 0 heterocycles. The van der Waals surface area contributed by atoms with E-state index in [1.807, 2.05) is 44.2 Å². The number of ether oxygens (including phenoxy) is 4. The molecule has 0 aliphatic carbocycles. The van der Waals surface area contributed by atoms with Gasteiger partial charge in [-0.3, -0.25) is 14.4 Å². The average molecular weight is 689 g/mol. The van der Waals surface area contributed by atoms with Gasteiger partial charge in [0.05, 0.1) is 30.6 Å². The monoisotopic (exact) mass is 688 g/mol. The molecule has 42 heavy (non-hydrogen) atoms. The summed E-state index contributed by atoms with van der Waals surface area (Å²) in [6.45, 7) is 4.16. The van der Waals surface area contributed by atoms with E-state index in [9.17, 15) is 14.4 Å². The van der Waals surface area contributed by atoms with Crippen molar-refractivity contribution in [3.05, 3.63) is 74.9 Å². The zero-order chi connectivity index (χ0) is 30.5. The van der Waals surface area contributed by atoms with Crippen LogP contribution >= 0.6 is 22.6 Å². The van der Waals surface area contributed by atoms with Gasteiger partial charge < -0.3 is 29.6 Å². The van der Waals surface area contributed by atoms with Crippen LogP contribution in [0.25, 0.3) is 0 Å². The fraction of sp³-hybridized carbons (Fsp3) is 0.267. The van der Waals surface area contributed by atoms with Crippen molar-refractivity contribution in [1.82, 2.24) is 10.7 Å². The predicted octanol–water partition coefficient (Wildman–Crippen LogP) is 3.84. The molecular weight excluding hydrogens is 655 g/mol. The number of hydrogen-bond acceptors (Lipinski definition) is 8. The summed E-state index contributed by atoms with van der Waals surface area (Å²) in [5, 5.41) is 9.25. The van der Waals surface area contributed by atoms with Crippen molar-refractivity contribution in [1.29, 1.82) is 0 Å². The first-order valence-corrected chi connectivity index (χ1v) is 14.1. The molecule has 0 radical (unpaired) electrons. The second-order valence-electron chi connectivity index (χ2n) is 8.86. The summed E-state index contributed by atoms with van der Waals surface area (Å²) in [7, 11) is 3.10. The Morgan fingerprint density at radius 2 is 1.71 bits per heavy atom. The first-order chi connectivity index (χ1) is 20.2. The first-order valence-electron chi connectivity index (χ1n) is 13.0. The van der Waals surface area contributed by atoms with E-state index >= 15 is 0 Å². The molecule has 0 bridgehead atoms. The molecule has 3 aromatic rings. The van der Waals surface area contributed by atoms with Crippen molar-refractivity contribution in [2.75, 3.05) is 39.3 Å². The smallest absolute Gasteiger partial charge is 0.329 e. The number of nitrogens with one attached hydrogen (secondary N) is 3. The summed E-state index contributed by atoms with van der Waals surface area (Å²) < 4.78 is 22.7. The zero-order valence-electron chi connectivity index (χ0n) is 23.8. The van der Waals surface area contributed by atoms with Crippen LogP contribution in [0.2, 0.25) is 0 Å². The van der Waals surface area contributed by atoms with Crippen molar-refractivity contribution < 1.29 is 33.3 Å². The third-order valence-electron chi connectivity index (χ3n) is 5.71. The highest BCUT2D eigenvalue weighted by Crippen LogP contribution is 2.34. The van der Waals surface area contributed by atoms with E-state index in [2.05, 4.69) is 43.8 Å². The molecule has 0 aliphatic rings. The first kappa shape index (κ1) is 32.2. The van der Waals surface area contributed by atoms with Crippen LogP contribution in [0.3, 0.4) is 0 Å². The standard InChI is InChI=1S/C30H33IN4O7/c1-5-41-26-16-21(14-23(31)28(26)42-18-27(36)34-22-8-6-7-19(2)13-22)17-33-35-30(38)29(37)32-12-11-20-9-10-24(39-3)25(15-20)40-4/h6-10,13-17H,5,11-12,18H2,1-4H3,(H,32,37)(H,34,36)(H,35,38)/b33-17-. The maximum atomic E-state index is 12.4. The highest BCUT2D eigenvalue weighted by molar-refractivity contribution is 14.1. The molecule has 3 N–H and O–H groups in total. The van der Waals surface area contributed by atoms with Crippen LogP contribution in [0.1, 0.15) is 23.6 Å². The Balaban J connectivity index is 1.53.